The predicted octanol–water partition coefficient (Wildman–Crippen LogP) is 0.194. The maximum Gasteiger partial charge on any atom is 0.268 e. The van der Waals surface area contributed by atoms with E-state index in [1.165, 1.54) is 13.3 Å². The van der Waals surface area contributed by atoms with Crippen LogP contribution in [0, 0.1) is 0 Å². The lowest BCUT2D eigenvalue weighted by Crippen LogP contribution is -2.38. The normalized spacial score (nSPS) is 18.2. The van der Waals surface area contributed by atoms with Crippen LogP contribution in [0.3, 0.4) is 0 Å². The van der Waals surface area contributed by atoms with Crippen molar-refractivity contribution in [1.29, 1.82) is 0 Å². The summed E-state index contributed by atoms with van der Waals surface area (Å²) in [4.78, 5) is 17.4. The second-order valence-corrected chi connectivity index (χ2v) is 3.58. The number of thioether (sulfide) groups is 1. The standard InChI is InChI=1S/C7H12N2O2S/c1-11-8-6-7(10)9-2-4-12-5-3-9/h6H,2-5H2,1H3/b8-6+. The molecule has 0 saturated carbocycles. The minimum absolute atomic E-state index is 0.0582. The summed E-state index contributed by atoms with van der Waals surface area (Å²) < 4.78 is 0. The molecule has 0 aromatic rings. The fraction of sp³-hybridized carbons (Fsp3) is 0.714. The Morgan fingerprint density at radius 2 is 2.25 bits per heavy atom. The molecule has 1 saturated heterocycles. The van der Waals surface area contributed by atoms with Crippen LogP contribution in [0.5, 0.6) is 0 Å². The van der Waals surface area contributed by atoms with Crippen molar-refractivity contribution in [3.63, 3.8) is 0 Å². The number of amides is 1. The van der Waals surface area contributed by atoms with Crippen LogP contribution in [0.4, 0.5) is 0 Å². The number of carbonyl (C=O) groups is 1. The van der Waals surface area contributed by atoms with Gasteiger partial charge in [-0.05, 0) is 0 Å². The Kier molecular flexibility index (Phi) is 3.93. The topological polar surface area (TPSA) is 41.9 Å². The third-order valence-corrected chi connectivity index (χ3v) is 2.53. The number of nitrogens with zero attached hydrogens (tertiary/aromatic N) is 2. The molecule has 0 bridgehead atoms. The number of hydrogen-bond donors (Lipinski definition) is 0. The Balaban J connectivity index is 2.34. The SMILES string of the molecule is CO/N=C/C(=O)N1CCSCC1. The van der Waals surface area contributed by atoms with Gasteiger partial charge >= 0.3 is 0 Å². The molecule has 1 rings (SSSR count). The lowest BCUT2D eigenvalue weighted by atomic mass is 10.4. The summed E-state index contributed by atoms with van der Waals surface area (Å²) in [5.41, 5.74) is 0. The quantitative estimate of drug-likeness (QED) is 0.459. The molecule has 0 aromatic heterocycles. The first-order valence-electron chi connectivity index (χ1n) is 3.78. The monoisotopic (exact) mass is 188 g/mol. The van der Waals surface area contributed by atoms with Crippen LogP contribution in [0.15, 0.2) is 5.16 Å². The van der Waals surface area contributed by atoms with Gasteiger partial charge in [0.15, 0.2) is 0 Å². The number of oxime groups is 1. The zero-order chi connectivity index (χ0) is 8.81. The first-order chi connectivity index (χ1) is 5.84. The van der Waals surface area contributed by atoms with Gasteiger partial charge in [0, 0.05) is 24.6 Å². The average Bonchev–Trinajstić information content (AvgIpc) is 2.15. The van der Waals surface area contributed by atoms with Gasteiger partial charge in [0.1, 0.15) is 13.3 Å². The second kappa shape index (κ2) is 5.03. The van der Waals surface area contributed by atoms with E-state index in [1.807, 2.05) is 11.8 Å². The molecule has 0 unspecified atom stereocenters. The van der Waals surface area contributed by atoms with Crippen molar-refractivity contribution >= 4 is 23.9 Å². The summed E-state index contributed by atoms with van der Waals surface area (Å²) >= 11 is 1.87. The van der Waals surface area contributed by atoms with E-state index in [0.717, 1.165) is 24.6 Å². The summed E-state index contributed by atoms with van der Waals surface area (Å²) in [5, 5.41) is 3.42. The van der Waals surface area contributed by atoms with Crippen LogP contribution in [0.1, 0.15) is 0 Å². The minimum atomic E-state index is -0.0582. The summed E-state index contributed by atoms with van der Waals surface area (Å²) in [6, 6.07) is 0. The van der Waals surface area contributed by atoms with Crippen molar-refractivity contribution < 1.29 is 9.63 Å². The highest BCUT2D eigenvalue weighted by molar-refractivity contribution is 7.99. The zero-order valence-corrected chi connectivity index (χ0v) is 7.84. The highest BCUT2D eigenvalue weighted by Gasteiger charge is 2.14. The lowest BCUT2D eigenvalue weighted by molar-refractivity contribution is -0.123. The van der Waals surface area contributed by atoms with E-state index in [0.29, 0.717) is 0 Å². The smallest absolute Gasteiger partial charge is 0.268 e. The average molecular weight is 188 g/mol. The molecule has 0 radical (unpaired) electrons. The number of carbonyl (C=O) groups excluding carboxylic acids is 1. The molecule has 0 aromatic carbocycles. The Morgan fingerprint density at radius 1 is 1.58 bits per heavy atom. The summed E-state index contributed by atoms with van der Waals surface area (Å²) in [7, 11) is 1.43. The summed E-state index contributed by atoms with van der Waals surface area (Å²) in [6.45, 7) is 1.64. The molecule has 0 N–H and O–H groups in total. The second-order valence-electron chi connectivity index (χ2n) is 2.35. The number of rotatable bonds is 2. The lowest BCUT2D eigenvalue weighted by Gasteiger charge is -2.24. The van der Waals surface area contributed by atoms with Gasteiger partial charge in [-0.15, -0.1) is 0 Å². The van der Waals surface area contributed by atoms with E-state index in [9.17, 15) is 4.79 Å². The van der Waals surface area contributed by atoms with Crippen LogP contribution in [0.2, 0.25) is 0 Å². The van der Waals surface area contributed by atoms with E-state index in [2.05, 4.69) is 9.99 Å². The first-order valence-corrected chi connectivity index (χ1v) is 4.93. The van der Waals surface area contributed by atoms with Gasteiger partial charge in [-0.25, -0.2) is 0 Å². The number of hydrogen-bond acceptors (Lipinski definition) is 4. The molecule has 68 valence electrons. The van der Waals surface area contributed by atoms with Crippen LogP contribution in [-0.4, -0.2) is 48.7 Å². The molecule has 1 fully saturated rings. The molecule has 0 aliphatic carbocycles. The van der Waals surface area contributed by atoms with Gasteiger partial charge in [-0.1, -0.05) is 5.16 Å². The van der Waals surface area contributed by atoms with Crippen molar-refractivity contribution in [3.8, 4) is 0 Å². The molecular formula is C7H12N2O2S. The van der Waals surface area contributed by atoms with Crippen LogP contribution in [0.25, 0.3) is 0 Å². The molecule has 0 atom stereocenters. The fourth-order valence-corrected chi connectivity index (χ4v) is 1.87. The molecule has 4 nitrogen and oxygen atoms in total. The molecule has 0 spiro atoms. The first kappa shape index (κ1) is 9.38. The van der Waals surface area contributed by atoms with Gasteiger partial charge < -0.3 is 9.74 Å². The van der Waals surface area contributed by atoms with E-state index < -0.39 is 0 Å². The van der Waals surface area contributed by atoms with Crippen molar-refractivity contribution in [2.75, 3.05) is 31.7 Å². The Bertz CT molecular complexity index is 178. The molecule has 1 aliphatic heterocycles. The van der Waals surface area contributed by atoms with Crippen molar-refractivity contribution in [1.82, 2.24) is 4.90 Å². The molecule has 1 aliphatic rings. The van der Waals surface area contributed by atoms with Crippen molar-refractivity contribution in [3.05, 3.63) is 0 Å². The Labute approximate surface area is 75.9 Å². The third-order valence-electron chi connectivity index (χ3n) is 1.59. The largest absolute Gasteiger partial charge is 0.399 e. The van der Waals surface area contributed by atoms with Crippen molar-refractivity contribution in [2.24, 2.45) is 5.16 Å². The van der Waals surface area contributed by atoms with E-state index in [4.69, 9.17) is 0 Å². The predicted molar refractivity (Wildman–Crippen MR) is 49.4 cm³/mol. The summed E-state index contributed by atoms with van der Waals surface area (Å²) in [6.07, 6.45) is 1.22. The zero-order valence-electron chi connectivity index (χ0n) is 7.02. The van der Waals surface area contributed by atoms with Crippen LogP contribution >= 0.6 is 11.8 Å². The summed E-state index contributed by atoms with van der Waals surface area (Å²) in [5.74, 6) is 1.98. The maximum absolute atomic E-state index is 11.2. The molecule has 1 heterocycles. The third kappa shape index (κ3) is 2.73. The maximum atomic E-state index is 11.2. The van der Waals surface area contributed by atoms with Gasteiger partial charge in [0.2, 0.25) is 0 Å². The van der Waals surface area contributed by atoms with E-state index in [-0.39, 0.29) is 5.91 Å². The van der Waals surface area contributed by atoms with Gasteiger partial charge in [0.25, 0.3) is 5.91 Å². The molecule has 12 heavy (non-hydrogen) atoms. The van der Waals surface area contributed by atoms with Gasteiger partial charge in [-0.2, -0.15) is 11.8 Å². The Hall–Kier alpha value is -0.710. The Morgan fingerprint density at radius 3 is 2.83 bits per heavy atom. The van der Waals surface area contributed by atoms with Gasteiger partial charge in [0.05, 0.1) is 0 Å². The van der Waals surface area contributed by atoms with E-state index >= 15 is 0 Å². The minimum Gasteiger partial charge on any atom is -0.399 e. The van der Waals surface area contributed by atoms with Gasteiger partial charge in [-0.3, -0.25) is 4.79 Å². The highest BCUT2D eigenvalue weighted by atomic mass is 32.2. The van der Waals surface area contributed by atoms with Crippen molar-refractivity contribution in [2.45, 2.75) is 0 Å². The fourth-order valence-electron chi connectivity index (χ4n) is 0.963. The van der Waals surface area contributed by atoms with Crippen LogP contribution < -0.4 is 0 Å². The molecule has 1 amide bonds. The highest BCUT2D eigenvalue weighted by Crippen LogP contribution is 2.08. The van der Waals surface area contributed by atoms with E-state index in [1.54, 1.807) is 4.90 Å². The molecule has 5 heteroatoms. The van der Waals surface area contributed by atoms with Crippen LogP contribution in [-0.2, 0) is 9.63 Å². The molecular weight excluding hydrogens is 176 g/mol.